The number of hydrogen-bond donors (Lipinski definition) is 1. The van der Waals surface area contributed by atoms with E-state index < -0.39 is 0 Å². The maximum Gasteiger partial charge on any atom is 0.244 e. The minimum atomic E-state index is -0.170. The van der Waals surface area contributed by atoms with Gasteiger partial charge >= 0.3 is 0 Å². The van der Waals surface area contributed by atoms with Gasteiger partial charge in [0, 0.05) is 0 Å². The zero-order valence-corrected chi connectivity index (χ0v) is 8.42. The number of amides is 1. The molecule has 0 saturated carbocycles. The number of nitrogens with one attached hydrogen (secondary N) is 1. The Balaban J connectivity index is 4.22. The maximum absolute atomic E-state index is 11.0. The topological polar surface area (TPSA) is 32.3 Å². The van der Waals surface area contributed by atoms with E-state index in [0.717, 1.165) is 13.1 Å². The summed E-state index contributed by atoms with van der Waals surface area (Å²) < 4.78 is 0. The Morgan fingerprint density at radius 3 is 2.31 bits per heavy atom. The van der Waals surface area contributed by atoms with Gasteiger partial charge in [0.25, 0.3) is 0 Å². The fraction of sp³-hybridized carbons (Fsp3) is 0.500. The van der Waals surface area contributed by atoms with Gasteiger partial charge in [-0.15, -0.1) is 0 Å². The molecule has 0 saturated heterocycles. The van der Waals surface area contributed by atoms with E-state index in [1.807, 2.05) is 13.8 Å². The van der Waals surface area contributed by atoms with Gasteiger partial charge in [0.1, 0.15) is 6.17 Å². The summed E-state index contributed by atoms with van der Waals surface area (Å²) >= 11 is 0. The largest absolute Gasteiger partial charge is 0.333 e. The van der Waals surface area contributed by atoms with Crippen LogP contribution in [-0.2, 0) is 4.79 Å². The van der Waals surface area contributed by atoms with Gasteiger partial charge in [0.15, 0.2) is 0 Å². The van der Waals surface area contributed by atoms with Gasteiger partial charge in [-0.1, -0.05) is 33.1 Å². The third-order valence-corrected chi connectivity index (χ3v) is 1.90. The lowest BCUT2D eigenvalue weighted by Crippen LogP contribution is -2.46. The summed E-state index contributed by atoms with van der Waals surface area (Å²) in [7, 11) is 0. The highest BCUT2D eigenvalue weighted by Gasteiger charge is 2.12. The van der Waals surface area contributed by atoms with Crippen LogP contribution in [0.4, 0.5) is 0 Å². The first kappa shape index (κ1) is 11.9. The minimum Gasteiger partial charge on any atom is -0.333 e. The first-order chi connectivity index (χ1) is 6.19. The molecule has 0 heterocycles. The molecule has 1 amide bonds. The first-order valence-corrected chi connectivity index (χ1v) is 4.49. The van der Waals surface area contributed by atoms with Gasteiger partial charge in [0.2, 0.25) is 5.91 Å². The van der Waals surface area contributed by atoms with E-state index in [-0.39, 0.29) is 12.1 Å². The Labute approximate surface area is 80.1 Å². The van der Waals surface area contributed by atoms with E-state index in [0.29, 0.717) is 0 Å². The lowest BCUT2D eigenvalue weighted by Gasteiger charge is -2.27. The van der Waals surface area contributed by atoms with Crippen molar-refractivity contribution in [2.24, 2.45) is 0 Å². The smallest absolute Gasteiger partial charge is 0.244 e. The van der Waals surface area contributed by atoms with Crippen molar-refractivity contribution in [1.82, 2.24) is 10.2 Å². The molecule has 0 aliphatic rings. The Kier molecular flexibility index (Phi) is 5.89. The standard InChI is InChI=1S/C10H18N2O/c1-5-9(11-10(13)6-2)12(7-3)8-4/h5-6,9H,1-2,7-8H2,3-4H3,(H,11,13). The normalized spacial score (nSPS) is 12.2. The van der Waals surface area contributed by atoms with Crippen LogP contribution in [0.25, 0.3) is 0 Å². The van der Waals surface area contributed by atoms with E-state index in [1.165, 1.54) is 6.08 Å². The fourth-order valence-corrected chi connectivity index (χ4v) is 1.12. The van der Waals surface area contributed by atoms with E-state index >= 15 is 0 Å². The van der Waals surface area contributed by atoms with Crippen LogP contribution in [-0.4, -0.2) is 30.1 Å². The predicted molar refractivity (Wildman–Crippen MR) is 55.2 cm³/mol. The van der Waals surface area contributed by atoms with Crippen LogP contribution in [0.1, 0.15) is 13.8 Å². The van der Waals surface area contributed by atoms with Crippen molar-refractivity contribution in [3.63, 3.8) is 0 Å². The molecule has 0 aromatic rings. The highest BCUT2D eigenvalue weighted by atomic mass is 16.1. The SMILES string of the molecule is C=CC(=O)NC(C=C)N(CC)CC. The second kappa shape index (κ2) is 6.43. The van der Waals surface area contributed by atoms with Crippen molar-refractivity contribution in [2.45, 2.75) is 20.0 Å². The molecule has 0 aromatic carbocycles. The van der Waals surface area contributed by atoms with Crippen LogP contribution < -0.4 is 5.32 Å². The van der Waals surface area contributed by atoms with Gasteiger partial charge in [0.05, 0.1) is 0 Å². The monoisotopic (exact) mass is 182 g/mol. The number of carbonyl (C=O) groups excluding carboxylic acids is 1. The van der Waals surface area contributed by atoms with Crippen LogP contribution in [0.3, 0.4) is 0 Å². The average molecular weight is 182 g/mol. The molecule has 1 atom stereocenters. The Hall–Kier alpha value is -1.09. The molecule has 1 unspecified atom stereocenters. The number of hydrogen-bond acceptors (Lipinski definition) is 2. The molecule has 0 bridgehead atoms. The summed E-state index contributed by atoms with van der Waals surface area (Å²) in [5, 5.41) is 2.77. The van der Waals surface area contributed by atoms with E-state index in [9.17, 15) is 4.79 Å². The summed E-state index contributed by atoms with van der Waals surface area (Å²) in [5.41, 5.74) is 0. The maximum atomic E-state index is 11.0. The molecule has 13 heavy (non-hydrogen) atoms. The third-order valence-electron chi connectivity index (χ3n) is 1.90. The van der Waals surface area contributed by atoms with Crippen molar-refractivity contribution in [1.29, 1.82) is 0 Å². The summed E-state index contributed by atoms with van der Waals surface area (Å²) in [6.07, 6.45) is 2.88. The lowest BCUT2D eigenvalue weighted by molar-refractivity contribution is -0.117. The predicted octanol–water partition coefficient (Wildman–Crippen LogP) is 1.14. The molecule has 74 valence electrons. The molecular weight excluding hydrogens is 164 g/mol. The highest BCUT2D eigenvalue weighted by molar-refractivity contribution is 5.87. The van der Waals surface area contributed by atoms with Crippen molar-refractivity contribution >= 4 is 5.91 Å². The molecule has 0 rings (SSSR count). The van der Waals surface area contributed by atoms with Crippen LogP contribution in [0.5, 0.6) is 0 Å². The molecule has 1 N–H and O–H groups in total. The van der Waals surface area contributed by atoms with Crippen molar-refractivity contribution < 1.29 is 4.79 Å². The minimum absolute atomic E-state index is 0.0968. The fourth-order valence-electron chi connectivity index (χ4n) is 1.12. The number of rotatable bonds is 6. The van der Waals surface area contributed by atoms with Crippen molar-refractivity contribution in [2.75, 3.05) is 13.1 Å². The summed E-state index contributed by atoms with van der Waals surface area (Å²) in [5.74, 6) is -0.170. The second-order valence-corrected chi connectivity index (χ2v) is 2.61. The summed E-state index contributed by atoms with van der Waals surface area (Å²) in [4.78, 5) is 13.1. The molecular formula is C10H18N2O. The molecule has 3 nitrogen and oxygen atoms in total. The van der Waals surface area contributed by atoms with Gasteiger partial charge in [-0.05, 0) is 19.2 Å². The first-order valence-electron chi connectivity index (χ1n) is 4.49. The van der Waals surface area contributed by atoms with Gasteiger partial charge < -0.3 is 5.32 Å². The molecule has 0 aliphatic heterocycles. The molecule has 0 radical (unpaired) electrons. The Bertz CT molecular complexity index is 185. The van der Waals surface area contributed by atoms with Gasteiger partial charge in [-0.25, -0.2) is 0 Å². The average Bonchev–Trinajstić information content (AvgIpc) is 2.17. The molecule has 0 fully saturated rings. The van der Waals surface area contributed by atoms with Crippen molar-refractivity contribution in [3.8, 4) is 0 Å². The van der Waals surface area contributed by atoms with E-state index in [1.54, 1.807) is 6.08 Å². The second-order valence-electron chi connectivity index (χ2n) is 2.61. The number of likely N-dealkylation sites (N-methyl/N-ethyl adjacent to an activating group) is 1. The van der Waals surface area contributed by atoms with Gasteiger partial charge in [-0.2, -0.15) is 0 Å². The molecule has 0 aromatic heterocycles. The van der Waals surface area contributed by atoms with E-state index in [2.05, 4.69) is 23.4 Å². The zero-order chi connectivity index (χ0) is 10.3. The number of carbonyl (C=O) groups is 1. The lowest BCUT2D eigenvalue weighted by atomic mass is 10.3. The summed E-state index contributed by atoms with van der Waals surface area (Å²) in [6.45, 7) is 12.9. The van der Waals surface area contributed by atoms with Crippen LogP contribution >= 0.6 is 0 Å². The van der Waals surface area contributed by atoms with Gasteiger partial charge in [-0.3, -0.25) is 9.69 Å². The molecule has 0 spiro atoms. The number of nitrogens with zero attached hydrogens (tertiary/aromatic N) is 1. The van der Waals surface area contributed by atoms with Crippen LogP contribution in [0.15, 0.2) is 25.3 Å². The Morgan fingerprint density at radius 1 is 1.46 bits per heavy atom. The molecule has 0 aliphatic carbocycles. The van der Waals surface area contributed by atoms with Crippen LogP contribution in [0, 0.1) is 0 Å². The highest BCUT2D eigenvalue weighted by Crippen LogP contribution is 1.96. The van der Waals surface area contributed by atoms with E-state index in [4.69, 9.17) is 0 Å². The quantitative estimate of drug-likeness (QED) is 0.379. The van der Waals surface area contributed by atoms with Crippen LogP contribution in [0.2, 0.25) is 0 Å². The Morgan fingerprint density at radius 2 is 2.00 bits per heavy atom. The third kappa shape index (κ3) is 3.90. The zero-order valence-electron chi connectivity index (χ0n) is 8.42. The summed E-state index contributed by atoms with van der Waals surface area (Å²) in [6, 6.07) is 0. The molecule has 3 heteroatoms. The van der Waals surface area contributed by atoms with Crippen molar-refractivity contribution in [3.05, 3.63) is 25.3 Å².